The molecule has 4 nitrogen and oxygen atoms in total. The average molecular weight is 284 g/mol. The minimum Gasteiger partial charge on any atom is -0.376 e. The number of nitriles is 1. The molecule has 1 rings (SSSR count). The van der Waals surface area contributed by atoms with Crippen LogP contribution in [0.1, 0.15) is 26.7 Å². The Labute approximate surface area is 120 Å². The van der Waals surface area contributed by atoms with Crippen LogP contribution in [0.2, 0.25) is 0 Å². The molecule has 106 valence electrons. The van der Waals surface area contributed by atoms with Crippen molar-refractivity contribution in [2.75, 3.05) is 25.5 Å². The first-order valence-electron chi connectivity index (χ1n) is 6.77. The van der Waals surface area contributed by atoms with E-state index in [-0.39, 0.29) is 11.5 Å². The minimum absolute atomic E-state index is 0.177. The first-order valence-corrected chi connectivity index (χ1v) is 7.30. The SMILES string of the molecule is CC1CC(C)CN(/C=C(/C#N)C(=O)NCCCCl)C1. The summed E-state index contributed by atoms with van der Waals surface area (Å²) in [5.41, 5.74) is 0.177. The van der Waals surface area contributed by atoms with Gasteiger partial charge in [0.05, 0.1) is 0 Å². The zero-order valence-corrected chi connectivity index (χ0v) is 12.4. The number of carbonyl (C=O) groups is 1. The predicted octanol–water partition coefficient (Wildman–Crippen LogP) is 2.12. The molecule has 1 aliphatic rings. The van der Waals surface area contributed by atoms with Gasteiger partial charge in [-0.25, -0.2) is 0 Å². The molecule has 1 amide bonds. The van der Waals surface area contributed by atoms with E-state index in [1.807, 2.05) is 6.07 Å². The fraction of sp³-hybridized carbons (Fsp3) is 0.714. The lowest BCUT2D eigenvalue weighted by atomic mass is 9.92. The van der Waals surface area contributed by atoms with Crippen molar-refractivity contribution >= 4 is 17.5 Å². The van der Waals surface area contributed by atoms with Crippen molar-refractivity contribution in [1.29, 1.82) is 5.26 Å². The third-order valence-corrected chi connectivity index (χ3v) is 3.44. The van der Waals surface area contributed by atoms with Crippen LogP contribution in [0.5, 0.6) is 0 Å². The number of hydrogen-bond acceptors (Lipinski definition) is 3. The molecule has 1 saturated heterocycles. The van der Waals surface area contributed by atoms with E-state index in [0.717, 1.165) is 13.1 Å². The number of nitrogens with one attached hydrogen (secondary N) is 1. The van der Waals surface area contributed by atoms with Gasteiger partial charge in [-0.3, -0.25) is 4.79 Å². The van der Waals surface area contributed by atoms with Gasteiger partial charge in [0.15, 0.2) is 0 Å². The van der Waals surface area contributed by atoms with E-state index in [4.69, 9.17) is 16.9 Å². The average Bonchev–Trinajstić information content (AvgIpc) is 2.35. The largest absolute Gasteiger partial charge is 0.376 e. The van der Waals surface area contributed by atoms with Gasteiger partial charge in [0.25, 0.3) is 5.91 Å². The number of hydrogen-bond donors (Lipinski definition) is 1. The number of halogens is 1. The van der Waals surface area contributed by atoms with Gasteiger partial charge in [0.1, 0.15) is 11.6 Å². The van der Waals surface area contributed by atoms with E-state index in [2.05, 4.69) is 24.1 Å². The van der Waals surface area contributed by atoms with Crippen LogP contribution in [-0.4, -0.2) is 36.3 Å². The van der Waals surface area contributed by atoms with Gasteiger partial charge in [0, 0.05) is 31.7 Å². The normalized spacial score (nSPS) is 23.9. The summed E-state index contributed by atoms with van der Waals surface area (Å²) in [6.07, 6.45) is 3.61. The zero-order valence-electron chi connectivity index (χ0n) is 11.7. The van der Waals surface area contributed by atoms with Crippen molar-refractivity contribution in [1.82, 2.24) is 10.2 Å². The topological polar surface area (TPSA) is 56.1 Å². The maximum atomic E-state index is 11.8. The molecule has 1 aliphatic heterocycles. The summed E-state index contributed by atoms with van der Waals surface area (Å²) in [6, 6.07) is 1.98. The third-order valence-electron chi connectivity index (χ3n) is 3.17. The number of rotatable bonds is 5. The highest BCUT2D eigenvalue weighted by molar-refractivity contribution is 6.17. The molecule has 0 aliphatic carbocycles. The molecule has 5 heteroatoms. The smallest absolute Gasteiger partial charge is 0.263 e. The van der Waals surface area contributed by atoms with Crippen molar-refractivity contribution in [3.63, 3.8) is 0 Å². The van der Waals surface area contributed by atoms with Crippen LogP contribution in [0.3, 0.4) is 0 Å². The second kappa shape index (κ2) is 8.06. The van der Waals surface area contributed by atoms with Gasteiger partial charge in [-0.1, -0.05) is 13.8 Å². The first-order chi connectivity index (χ1) is 9.06. The van der Waals surface area contributed by atoms with Gasteiger partial charge in [-0.2, -0.15) is 5.26 Å². The Bertz CT molecular complexity index is 365. The van der Waals surface area contributed by atoms with Crippen LogP contribution in [0.25, 0.3) is 0 Å². The Kier molecular flexibility index (Phi) is 6.72. The molecular weight excluding hydrogens is 262 g/mol. The van der Waals surface area contributed by atoms with Crippen molar-refractivity contribution < 1.29 is 4.79 Å². The number of alkyl halides is 1. The van der Waals surface area contributed by atoms with E-state index in [0.29, 0.717) is 30.7 Å². The number of amides is 1. The Hall–Kier alpha value is -1.21. The van der Waals surface area contributed by atoms with Crippen molar-refractivity contribution in [2.45, 2.75) is 26.7 Å². The Balaban J connectivity index is 2.60. The molecule has 0 spiro atoms. The second-order valence-electron chi connectivity index (χ2n) is 5.35. The third kappa shape index (κ3) is 5.52. The molecule has 19 heavy (non-hydrogen) atoms. The lowest BCUT2D eigenvalue weighted by Crippen LogP contribution is -2.36. The summed E-state index contributed by atoms with van der Waals surface area (Å²) >= 11 is 5.55. The molecule has 0 bridgehead atoms. The van der Waals surface area contributed by atoms with Crippen LogP contribution < -0.4 is 5.32 Å². The number of carbonyl (C=O) groups excluding carboxylic acids is 1. The number of likely N-dealkylation sites (tertiary alicyclic amines) is 1. The van der Waals surface area contributed by atoms with Crippen LogP contribution in [0.15, 0.2) is 11.8 Å². The molecule has 0 aromatic carbocycles. The Morgan fingerprint density at radius 2 is 2.11 bits per heavy atom. The van der Waals surface area contributed by atoms with Gasteiger partial charge in [-0.05, 0) is 24.7 Å². The van der Waals surface area contributed by atoms with Crippen LogP contribution >= 0.6 is 11.6 Å². The fourth-order valence-corrected chi connectivity index (χ4v) is 2.63. The van der Waals surface area contributed by atoms with Crippen LogP contribution in [0.4, 0.5) is 0 Å². The minimum atomic E-state index is -0.307. The molecule has 0 radical (unpaired) electrons. The quantitative estimate of drug-likeness (QED) is 0.364. The highest BCUT2D eigenvalue weighted by Gasteiger charge is 2.21. The van der Waals surface area contributed by atoms with E-state index in [9.17, 15) is 4.79 Å². The van der Waals surface area contributed by atoms with Gasteiger partial charge < -0.3 is 10.2 Å². The first kappa shape index (κ1) is 15.8. The molecule has 0 aromatic heterocycles. The molecule has 0 saturated carbocycles. The highest BCUT2D eigenvalue weighted by atomic mass is 35.5. The summed E-state index contributed by atoms with van der Waals surface area (Å²) in [5, 5.41) is 11.8. The van der Waals surface area contributed by atoms with Crippen molar-refractivity contribution in [3.8, 4) is 6.07 Å². The van der Waals surface area contributed by atoms with Gasteiger partial charge >= 0.3 is 0 Å². The maximum absolute atomic E-state index is 11.8. The molecule has 2 atom stereocenters. The maximum Gasteiger partial charge on any atom is 0.263 e. The molecule has 1 heterocycles. The second-order valence-corrected chi connectivity index (χ2v) is 5.73. The zero-order chi connectivity index (χ0) is 14.3. The van der Waals surface area contributed by atoms with Gasteiger partial charge in [-0.15, -0.1) is 11.6 Å². The van der Waals surface area contributed by atoms with E-state index < -0.39 is 0 Å². The lowest BCUT2D eigenvalue weighted by molar-refractivity contribution is -0.117. The Morgan fingerprint density at radius 3 is 2.63 bits per heavy atom. The molecule has 0 aromatic rings. The van der Waals surface area contributed by atoms with Crippen molar-refractivity contribution in [2.24, 2.45) is 11.8 Å². The summed E-state index contributed by atoms with van der Waals surface area (Å²) < 4.78 is 0. The highest BCUT2D eigenvalue weighted by Crippen LogP contribution is 2.21. The molecule has 1 fully saturated rings. The molecule has 2 unspecified atom stereocenters. The van der Waals surface area contributed by atoms with Crippen LogP contribution in [0, 0.1) is 23.2 Å². The summed E-state index contributed by atoms with van der Waals surface area (Å²) in [5.74, 6) is 1.39. The summed E-state index contributed by atoms with van der Waals surface area (Å²) in [6.45, 7) is 6.72. The standard InChI is InChI=1S/C14H22ClN3O/c1-11-6-12(2)9-18(8-11)10-13(7-16)14(19)17-5-3-4-15/h10-12H,3-6,8-9H2,1-2H3,(H,17,19)/b13-10-. The lowest BCUT2D eigenvalue weighted by Gasteiger charge is -2.34. The predicted molar refractivity (Wildman–Crippen MR) is 76.6 cm³/mol. The van der Waals surface area contributed by atoms with E-state index >= 15 is 0 Å². The van der Waals surface area contributed by atoms with Crippen molar-refractivity contribution in [3.05, 3.63) is 11.8 Å². The summed E-state index contributed by atoms with van der Waals surface area (Å²) in [7, 11) is 0. The summed E-state index contributed by atoms with van der Waals surface area (Å²) in [4.78, 5) is 13.9. The fourth-order valence-electron chi connectivity index (χ4n) is 2.50. The number of nitrogens with zero attached hydrogens (tertiary/aromatic N) is 2. The monoisotopic (exact) mass is 283 g/mol. The van der Waals surface area contributed by atoms with E-state index in [1.54, 1.807) is 6.20 Å². The molecule has 1 N–H and O–H groups in total. The Morgan fingerprint density at radius 1 is 1.47 bits per heavy atom. The van der Waals surface area contributed by atoms with Gasteiger partial charge in [0.2, 0.25) is 0 Å². The molecular formula is C14H22ClN3O. The van der Waals surface area contributed by atoms with Crippen LogP contribution in [-0.2, 0) is 4.79 Å². The van der Waals surface area contributed by atoms with E-state index in [1.165, 1.54) is 6.42 Å². The number of piperidine rings is 1.